The molecule has 6 heteroatoms. The second kappa shape index (κ2) is 53.0. The largest absolute Gasteiger partial charge is 0.462 e. The van der Waals surface area contributed by atoms with Gasteiger partial charge in [-0.2, -0.15) is 0 Å². The summed E-state index contributed by atoms with van der Waals surface area (Å²) in [4.78, 5) is 38.0. The molecule has 1 unspecified atom stereocenters. The molecule has 0 rings (SSSR count). The number of ether oxygens (including phenoxy) is 3. The van der Waals surface area contributed by atoms with E-state index in [0.29, 0.717) is 19.3 Å². The van der Waals surface area contributed by atoms with Crippen LogP contribution in [0.5, 0.6) is 0 Å². The first-order valence-corrected chi connectivity index (χ1v) is 27.7. The molecule has 1 atom stereocenters. The molecule has 0 fully saturated rings. The van der Waals surface area contributed by atoms with Gasteiger partial charge in [0.05, 0.1) is 0 Å². The lowest BCUT2D eigenvalue weighted by Crippen LogP contribution is -2.30. The summed E-state index contributed by atoms with van der Waals surface area (Å²) in [6, 6.07) is 0. The Morgan fingerprint density at radius 2 is 0.562 bits per heavy atom. The Morgan fingerprint density at radius 1 is 0.312 bits per heavy atom. The van der Waals surface area contributed by atoms with Gasteiger partial charge in [0.2, 0.25) is 0 Å². The highest BCUT2D eigenvalue weighted by molar-refractivity contribution is 5.71. The molecule has 0 aromatic rings. The van der Waals surface area contributed by atoms with Gasteiger partial charge in [0.15, 0.2) is 6.10 Å². The number of unbranched alkanes of at least 4 members (excludes halogenated alkanes) is 32. The molecule has 0 aromatic heterocycles. The van der Waals surface area contributed by atoms with E-state index in [2.05, 4.69) is 69.4 Å². The van der Waals surface area contributed by atoms with Crippen molar-refractivity contribution in [1.82, 2.24) is 0 Å². The van der Waals surface area contributed by atoms with Gasteiger partial charge in [-0.25, -0.2) is 0 Å². The molecule has 64 heavy (non-hydrogen) atoms. The van der Waals surface area contributed by atoms with Gasteiger partial charge in [0.25, 0.3) is 0 Å². The van der Waals surface area contributed by atoms with E-state index >= 15 is 0 Å². The average Bonchev–Trinajstić information content (AvgIpc) is 3.29. The van der Waals surface area contributed by atoms with E-state index in [9.17, 15) is 14.4 Å². The van der Waals surface area contributed by atoms with Crippen LogP contribution in [0.15, 0.2) is 48.6 Å². The number of hydrogen-bond acceptors (Lipinski definition) is 6. The molecule has 0 heterocycles. The Bertz CT molecular complexity index is 1120. The van der Waals surface area contributed by atoms with Crippen molar-refractivity contribution in [1.29, 1.82) is 0 Å². The third-order valence-electron chi connectivity index (χ3n) is 12.1. The zero-order valence-electron chi connectivity index (χ0n) is 42.6. The molecule has 0 bridgehead atoms. The fourth-order valence-corrected chi connectivity index (χ4v) is 7.83. The Balaban J connectivity index is 4.39. The maximum Gasteiger partial charge on any atom is 0.306 e. The summed E-state index contributed by atoms with van der Waals surface area (Å²) in [5.74, 6) is -0.912. The van der Waals surface area contributed by atoms with E-state index in [1.165, 1.54) is 154 Å². The Hall–Kier alpha value is -2.63. The molecule has 0 N–H and O–H groups in total. The quantitative estimate of drug-likeness (QED) is 0.0199. The lowest BCUT2D eigenvalue weighted by atomic mass is 10.1. The minimum Gasteiger partial charge on any atom is -0.462 e. The van der Waals surface area contributed by atoms with Crippen LogP contribution in [-0.2, 0) is 28.6 Å². The third-order valence-corrected chi connectivity index (χ3v) is 12.1. The lowest BCUT2D eigenvalue weighted by Gasteiger charge is -2.18. The first-order valence-electron chi connectivity index (χ1n) is 27.7. The van der Waals surface area contributed by atoms with Crippen molar-refractivity contribution in [2.24, 2.45) is 0 Å². The highest BCUT2D eigenvalue weighted by Crippen LogP contribution is 2.15. The van der Waals surface area contributed by atoms with Crippen LogP contribution in [0.1, 0.15) is 284 Å². The Labute approximate surface area is 397 Å². The van der Waals surface area contributed by atoms with E-state index in [1.807, 2.05) is 0 Å². The summed E-state index contributed by atoms with van der Waals surface area (Å²) in [5, 5.41) is 0. The van der Waals surface area contributed by atoms with E-state index in [-0.39, 0.29) is 31.1 Å². The number of carbonyl (C=O) groups excluding carboxylic acids is 3. The molecule has 372 valence electrons. The third kappa shape index (κ3) is 50.4. The van der Waals surface area contributed by atoms with Crippen molar-refractivity contribution in [3.63, 3.8) is 0 Å². The Kier molecular flexibility index (Phi) is 50.8. The summed E-state index contributed by atoms with van der Waals surface area (Å²) in [6.45, 7) is 6.59. The maximum atomic E-state index is 12.8. The maximum absolute atomic E-state index is 12.8. The van der Waals surface area contributed by atoms with Gasteiger partial charge in [0, 0.05) is 19.3 Å². The zero-order chi connectivity index (χ0) is 46.5. The molecule has 0 spiro atoms. The SMILES string of the molecule is CCCCC/C=C\C=C/CCCCCCCCC(=O)OC(COC(=O)CCCCC/C=C\CCCCCCCC)COC(=O)CCCCCCC/C=C\CCCCCCCCCCC. The number of esters is 3. The van der Waals surface area contributed by atoms with Crippen molar-refractivity contribution >= 4 is 17.9 Å². The number of rotatable bonds is 50. The molecule has 0 saturated carbocycles. The van der Waals surface area contributed by atoms with Gasteiger partial charge in [-0.1, -0.05) is 217 Å². The van der Waals surface area contributed by atoms with Crippen molar-refractivity contribution in [2.75, 3.05) is 13.2 Å². The van der Waals surface area contributed by atoms with Gasteiger partial charge in [-0.15, -0.1) is 0 Å². The van der Waals surface area contributed by atoms with E-state index in [1.54, 1.807) is 0 Å². The highest BCUT2D eigenvalue weighted by atomic mass is 16.6. The predicted octanol–water partition coefficient (Wildman–Crippen LogP) is 18.3. The number of hydrogen-bond donors (Lipinski definition) is 0. The highest BCUT2D eigenvalue weighted by Gasteiger charge is 2.19. The standard InChI is InChI=1S/C58H104O6/c1-4-7-10-13-16-19-22-25-27-28-29-31-33-36-39-42-45-48-51-57(60)63-54-55(53-62-56(59)50-47-44-41-38-35-32-24-21-18-15-12-9-6-3)64-58(61)52-49-46-43-40-37-34-30-26-23-20-17-14-11-8-5-2/h17,20,23,26,29,31-32,35,55H,4-16,18-19,21-22,24-25,27-28,30,33-34,36-54H2,1-3H3/b20-17-,26-23-,31-29-,35-32-. The number of allylic oxidation sites excluding steroid dienone is 8. The molecule has 0 amide bonds. The second-order valence-electron chi connectivity index (χ2n) is 18.5. The van der Waals surface area contributed by atoms with Crippen molar-refractivity contribution in [3.05, 3.63) is 48.6 Å². The van der Waals surface area contributed by atoms with Crippen LogP contribution < -0.4 is 0 Å². The van der Waals surface area contributed by atoms with Crippen molar-refractivity contribution < 1.29 is 28.6 Å². The summed E-state index contributed by atoms with van der Waals surface area (Å²) < 4.78 is 16.8. The molecule has 0 saturated heterocycles. The summed E-state index contributed by atoms with van der Waals surface area (Å²) in [7, 11) is 0. The monoisotopic (exact) mass is 897 g/mol. The van der Waals surface area contributed by atoms with Gasteiger partial charge in [-0.3, -0.25) is 14.4 Å². The molecule has 0 aliphatic heterocycles. The predicted molar refractivity (Wildman–Crippen MR) is 275 cm³/mol. The summed E-state index contributed by atoms with van der Waals surface area (Å²) >= 11 is 0. The lowest BCUT2D eigenvalue weighted by molar-refractivity contribution is -0.167. The zero-order valence-corrected chi connectivity index (χ0v) is 42.6. The van der Waals surface area contributed by atoms with Crippen molar-refractivity contribution in [2.45, 2.75) is 290 Å². The molecular weight excluding hydrogens is 793 g/mol. The first-order chi connectivity index (χ1) is 31.5. The molecular formula is C58H104O6. The fraction of sp³-hybridized carbons (Fsp3) is 0.810. The van der Waals surface area contributed by atoms with E-state index in [0.717, 1.165) is 89.9 Å². The average molecular weight is 897 g/mol. The van der Waals surface area contributed by atoms with Gasteiger partial charge in [0.1, 0.15) is 13.2 Å². The van der Waals surface area contributed by atoms with Crippen LogP contribution in [0.2, 0.25) is 0 Å². The Morgan fingerprint density at radius 3 is 0.922 bits per heavy atom. The number of carbonyl (C=O) groups is 3. The topological polar surface area (TPSA) is 78.9 Å². The molecule has 0 aliphatic rings. The van der Waals surface area contributed by atoms with Crippen LogP contribution in [0, 0.1) is 0 Å². The second-order valence-corrected chi connectivity index (χ2v) is 18.5. The van der Waals surface area contributed by atoms with Crippen LogP contribution in [-0.4, -0.2) is 37.2 Å². The van der Waals surface area contributed by atoms with Crippen LogP contribution in [0.25, 0.3) is 0 Å². The van der Waals surface area contributed by atoms with E-state index < -0.39 is 6.10 Å². The first kappa shape index (κ1) is 61.4. The van der Waals surface area contributed by atoms with Gasteiger partial charge < -0.3 is 14.2 Å². The minimum atomic E-state index is -0.787. The van der Waals surface area contributed by atoms with Gasteiger partial charge >= 0.3 is 17.9 Å². The molecule has 0 aliphatic carbocycles. The van der Waals surface area contributed by atoms with Crippen LogP contribution in [0.3, 0.4) is 0 Å². The smallest absolute Gasteiger partial charge is 0.306 e. The fourth-order valence-electron chi connectivity index (χ4n) is 7.83. The molecule has 0 aromatic carbocycles. The summed E-state index contributed by atoms with van der Waals surface area (Å²) in [5.41, 5.74) is 0. The molecule has 0 radical (unpaired) electrons. The van der Waals surface area contributed by atoms with Crippen LogP contribution in [0.4, 0.5) is 0 Å². The molecule has 6 nitrogen and oxygen atoms in total. The van der Waals surface area contributed by atoms with Gasteiger partial charge in [-0.05, 0) is 96.3 Å². The summed E-state index contributed by atoms with van der Waals surface area (Å²) in [6.07, 6.45) is 63.8. The van der Waals surface area contributed by atoms with E-state index in [4.69, 9.17) is 14.2 Å². The van der Waals surface area contributed by atoms with Crippen molar-refractivity contribution in [3.8, 4) is 0 Å². The normalized spacial score (nSPS) is 12.4. The van der Waals surface area contributed by atoms with Crippen LogP contribution >= 0.6 is 0 Å². The minimum absolute atomic E-state index is 0.0859.